The summed E-state index contributed by atoms with van der Waals surface area (Å²) < 4.78 is 0. The number of carbonyl (C=O) groups is 1. The Labute approximate surface area is 190 Å². The number of piperidine rings is 1. The monoisotopic (exact) mass is 434 g/mol. The van der Waals surface area contributed by atoms with E-state index < -0.39 is 0 Å². The van der Waals surface area contributed by atoms with Gasteiger partial charge in [-0.2, -0.15) is 0 Å². The zero-order valence-electron chi connectivity index (χ0n) is 19.1. The lowest BCUT2D eigenvalue weighted by atomic mass is 9.83. The van der Waals surface area contributed by atoms with Crippen LogP contribution in [0.2, 0.25) is 0 Å². The first-order valence-electron chi connectivity index (χ1n) is 12.2. The van der Waals surface area contributed by atoms with Crippen molar-refractivity contribution in [1.29, 1.82) is 0 Å². The molecule has 1 aromatic carbocycles. The number of hydrogen-bond acceptors (Lipinski definition) is 4. The second kappa shape index (κ2) is 9.18. The number of amides is 1. The van der Waals surface area contributed by atoms with E-state index in [9.17, 15) is 9.59 Å². The maximum absolute atomic E-state index is 13.8. The van der Waals surface area contributed by atoms with Gasteiger partial charge >= 0.3 is 0 Å². The van der Waals surface area contributed by atoms with Gasteiger partial charge in [0.05, 0.1) is 17.2 Å². The molecule has 1 N–H and O–H groups in total. The Morgan fingerprint density at radius 3 is 2.66 bits per heavy atom. The predicted molar refractivity (Wildman–Crippen MR) is 125 cm³/mol. The van der Waals surface area contributed by atoms with Gasteiger partial charge < -0.3 is 14.8 Å². The molecule has 6 heteroatoms. The minimum Gasteiger partial charge on any atom is -0.341 e. The third-order valence-electron chi connectivity index (χ3n) is 7.69. The molecule has 1 saturated carbocycles. The van der Waals surface area contributed by atoms with Gasteiger partial charge in [0, 0.05) is 38.5 Å². The first-order chi connectivity index (χ1) is 15.6. The summed E-state index contributed by atoms with van der Waals surface area (Å²) in [5, 5.41) is 0. The number of benzene rings is 1. The number of fused-ring (bicyclic) bond motifs is 1. The maximum Gasteiger partial charge on any atom is 0.255 e. The van der Waals surface area contributed by atoms with Crippen LogP contribution in [0.3, 0.4) is 0 Å². The van der Waals surface area contributed by atoms with Crippen LogP contribution in [0.1, 0.15) is 73.0 Å². The van der Waals surface area contributed by atoms with Gasteiger partial charge in [0.2, 0.25) is 5.91 Å². The first-order valence-corrected chi connectivity index (χ1v) is 12.2. The summed E-state index contributed by atoms with van der Waals surface area (Å²) in [5.74, 6) is 1.51. The van der Waals surface area contributed by atoms with E-state index in [1.165, 1.54) is 12.8 Å². The van der Waals surface area contributed by atoms with Gasteiger partial charge in [0.15, 0.2) is 0 Å². The third kappa shape index (κ3) is 4.25. The van der Waals surface area contributed by atoms with Crippen LogP contribution in [0.15, 0.2) is 35.1 Å². The number of aromatic nitrogens is 2. The van der Waals surface area contributed by atoms with Crippen LogP contribution in [-0.2, 0) is 17.8 Å². The summed E-state index contributed by atoms with van der Waals surface area (Å²) in [6.07, 6.45) is 7.44. The number of H-pyrrole nitrogens is 1. The Bertz CT molecular complexity index is 1010. The number of aromatic amines is 1. The summed E-state index contributed by atoms with van der Waals surface area (Å²) in [7, 11) is 2.04. The van der Waals surface area contributed by atoms with E-state index in [4.69, 9.17) is 4.98 Å². The van der Waals surface area contributed by atoms with Crippen LogP contribution in [0.4, 0.5) is 0 Å². The lowest BCUT2D eigenvalue weighted by molar-refractivity contribution is -0.135. The highest BCUT2D eigenvalue weighted by molar-refractivity contribution is 5.84. The summed E-state index contributed by atoms with van der Waals surface area (Å²) >= 11 is 0. The molecule has 1 aliphatic carbocycles. The molecular weight excluding hydrogens is 400 g/mol. The number of nitrogens with zero attached hydrogens (tertiary/aromatic N) is 3. The van der Waals surface area contributed by atoms with Crippen molar-refractivity contribution in [3.8, 4) is 0 Å². The maximum atomic E-state index is 13.8. The van der Waals surface area contributed by atoms with E-state index in [0.29, 0.717) is 19.0 Å². The third-order valence-corrected chi connectivity index (χ3v) is 7.69. The highest BCUT2D eigenvalue weighted by Crippen LogP contribution is 2.39. The number of nitrogens with one attached hydrogen (secondary N) is 1. The molecule has 2 aliphatic heterocycles. The Morgan fingerprint density at radius 2 is 1.88 bits per heavy atom. The van der Waals surface area contributed by atoms with E-state index in [1.807, 2.05) is 25.2 Å². The van der Waals surface area contributed by atoms with Gasteiger partial charge in [-0.1, -0.05) is 43.2 Å². The zero-order valence-corrected chi connectivity index (χ0v) is 19.1. The van der Waals surface area contributed by atoms with Gasteiger partial charge in [0.1, 0.15) is 5.82 Å². The van der Waals surface area contributed by atoms with Crippen molar-refractivity contribution in [1.82, 2.24) is 19.8 Å². The normalized spacial score (nSPS) is 23.2. The average Bonchev–Trinajstić information content (AvgIpc) is 3.35. The quantitative estimate of drug-likeness (QED) is 0.800. The van der Waals surface area contributed by atoms with E-state index >= 15 is 0 Å². The lowest BCUT2D eigenvalue weighted by Crippen LogP contribution is -2.44. The van der Waals surface area contributed by atoms with Crippen molar-refractivity contribution in [3.63, 3.8) is 0 Å². The van der Waals surface area contributed by atoms with Gasteiger partial charge in [-0.25, -0.2) is 4.98 Å². The second-order valence-electron chi connectivity index (χ2n) is 9.92. The molecule has 170 valence electrons. The standard InChI is InChI=1S/C26H34N4O2/c1-29-15-13-22-21(17-29)25(31)28-24(27-22)20-12-7-14-30(16-20)26(32)23(19-10-5-6-11-19)18-8-3-2-4-9-18/h2-4,8-9,19-20,23H,5-7,10-17H2,1H3,(H,27,28,31)/t20-,23-/m1/s1. The lowest BCUT2D eigenvalue weighted by Gasteiger charge is -2.36. The highest BCUT2D eigenvalue weighted by Gasteiger charge is 2.37. The molecular formula is C26H34N4O2. The predicted octanol–water partition coefficient (Wildman–Crippen LogP) is 3.44. The van der Waals surface area contributed by atoms with Crippen molar-refractivity contribution in [3.05, 3.63) is 63.3 Å². The number of likely N-dealkylation sites (tertiary alicyclic amines) is 1. The molecule has 1 amide bonds. The molecule has 3 aliphatic rings. The van der Waals surface area contributed by atoms with Crippen molar-refractivity contribution in [2.45, 2.75) is 63.3 Å². The molecule has 1 aromatic heterocycles. The van der Waals surface area contributed by atoms with Crippen LogP contribution in [0.5, 0.6) is 0 Å². The molecule has 0 unspecified atom stereocenters. The summed E-state index contributed by atoms with van der Waals surface area (Å²) in [5.41, 5.74) is 2.89. The number of hydrogen-bond donors (Lipinski definition) is 1. The summed E-state index contributed by atoms with van der Waals surface area (Å²) in [6.45, 7) is 3.04. The Kier molecular flexibility index (Phi) is 6.13. The molecule has 0 bridgehead atoms. The fraction of sp³-hybridized carbons (Fsp3) is 0.577. The van der Waals surface area contributed by atoms with Gasteiger partial charge in [-0.05, 0) is 44.2 Å². The van der Waals surface area contributed by atoms with Crippen molar-refractivity contribution >= 4 is 5.91 Å². The topological polar surface area (TPSA) is 69.3 Å². The largest absolute Gasteiger partial charge is 0.341 e. The Morgan fingerprint density at radius 1 is 1.09 bits per heavy atom. The van der Waals surface area contributed by atoms with Crippen LogP contribution >= 0.6 is 0 Å². The minimum atomic E-state index is -0.0523. The van der Waals surface area contributed by atoms with Crippen molar-refractivity contribution in [2.24, 2.45) is 5.92 Å². The van der Waals surface area contributed by atoms with E-state index in [1.54, 1.807) is 0 Å². The molecule has 3 heterocycles. The van der Waals surface area contributed by atoms with Crippen LogP contribution in [0, 0.1) is 5.92 Å². The Hall–Kier alpha value is -2.47. The van der Waals surface area contributed by atoms with Crippen molar-refractivity contribution < 1.29 is 4.79 Å². The minimum absolute atomic E-state index is 0.00637. The molecule has 1 saturated heterocycles. The summed E-state index contributed by atoms with van der Waals surface area (Å²) in [4.78, 5) is 38.7. The summed E-state index contributed by atoms with van der Waals surface area (Å²) in [6, 6.07) is 10.3. The molecule has 2 atom stereocenters. The highest BCUT2D eigenvalue weighted by atomic mass is 16.2. The van der Waals surface area contributed by atoms with Crippen LogP contribution < -0.4 is 5.56 Å². The number of rotatable bonds is 4. The van der Waals surface area contributed by atoms with Gasteiger partial charge in [-0.3, -0.25) is 9.59 Å². The number of likely N-dealkylation sites (N-methyl/N-ethyl adjacent to an activating group) is 1. The average molecular weight is 435 g/mol. The Balaban J connectivity index is 1.38. The molecule has 0 spiro atoms. The first kappa shape index (κ1) is 21.4. The van der Waals surface area contributed by atoms with Crippen LogP contribution in [-0.4, -0.2) is 52.4 Å². The molecule has 2 fully saturated rings. The molecule has 6 nitrogen and oxygen atoms in total. The van der Waals surface area contributed by atoms with E-state index in [0.717, 1.165) is 67.8 Å². The second-order valence-corrected chi connectivity index (χ2v) is 9.92. The fourth-order valence-electron chi connectivity index (χ4n) is 5.94. The molecule has 5 rings (SSSR count). The molecule has 0 radical (unpaired) electrons. The molecule has 2 aromatic rings. The SMILES string of the molecule is CN1CCc2nc([C@@H]3CCCN(C(=O)[C@H](c4ccccc4)C4CCCC4)C3)[nH]c(=O)c2C1. The van der Waals surface area contributed by atoms with Gasteiger partial charge in [-0.15, -0.1) is 0 Å². The van der Waals surface area contributed by atoms with E-state index in [2.05, 4.69) is 26.9 Å². The van der Waals surface area contributed by atoms with Crippen LogP contribution in [0.25, 0.3) is 0 Å². The van der Waals surface area contributed by atoms with Gasteiger partial charge in [0.25, 0.3) is 5.56 Å². The smallest absolute Gasteiger partial charge is 0.255 e. The fourth-order valence-corrected chi connectivity index (χ4v) is 5.94. The van der Waals surface area contributed by atoms with Crippen molar-refractivity contribution in [2.75, 3.05) is 26.7 Å². The number of carbonyl (C=O) groups excluding carboxylic acids is 1. The zero-order chi connectivity index (χ0) is 22.1. The molecule has 32 heavy (non-hydrogen) atoms. The van der Waals surface area contributed by atoms with E-state index in [-0.39, 0.29) is 23.3 Å².